The van der Waals surface area contributed by atoms with Crippen LogP contribution >= 0.6 is 11.6 Å². The van der Waals surface area contributed by atoms with E-state index in [9.17, 15) is 4.79 Å². The highest BCUT2D eigenvalue weighted by Crippen LogP contribution is 2.21. The maximum atomic E-state index is 10.7. The predicted octanol–water partition coefficient (Wildman–Crippen LogP) is 2.60. The molecule has 0 saturated carbocycles. The minimum absolute atomic E-state index is 0.0762. The lowest BCUT2D eigenvalue weighted by Crippen LogP contribution is -2.12. The molecule has 1 aliphatic rings. The number of carbonyl (C=O) groups is 1. The number of ether oxygens (including phenoxy) is 2. The molecule has 0 fully saturated rings. The van der Waals surface area contributed by atoms with Crippen LogP contribution in [0.25, 0.3) is 0 Å². The van der Waals surface area contributed by atoms with Gasteiger partial charge in [0.15, 0.2) is 0 Å². The van der Waals surface area contributed by atoms with E-state index in [1.54, 1.807) is 0 Å². The molecule has 0 aliphatic carbocycles. The largest absolute Gasteiger partial charge is 0.459 e. The normalized spacial score (nSPS) is 18.6. The molecule has 1 heterocycles. The summed E-state index contributed by atoms with van der Waals surface area (Å²) in [4.78, 5) is 10.7. The van der Waals surface area contributed by atoms with Crippen LogP contribution in [-0.2, 0) is 20.7 Å². The van der Waals surface area contributed by atoms with Crippen molar-refractivity contribution in [3.63, 3.8) is 0 Å². The summed E-state index contributed by atoms with van der Waals surface area (Å²) in [6, 6.07) is 9.87. The number of rotatable bonds is 4. The average Bonchev–Trinajstić information content (AvgIpc) is 2.66. The van der Waals surface area contributed by atoms with Crippen LogP contribution in [0, 0.1) is 0 Å². The monoisotopic (exact) mass is 238 g/mol. The van der Waals surface area contributed by atoms with Gasteiger partial charge >= 0.3 is 0 Å². The van der Waals surface area contributed by atoms with Crippen molar-refractivity contribution in [2.24, 2.45) is 0 Å². The summed E-state index contributed by atoms with van der Waals surface area (Å²) < 4.78 is 10.7. The fourth-order valence-corrected chi connectivity index (χ4v) is 1.62. The quantitative estimate of drug-likeness (QED) is 0.757. The Bertz CT molecular complexity index is 400. The fraction of sp³-hybridized carbons (Fsp3) is 0.250. The van der Waals surface area contributed by atoms with Gasteiger partial charge in [0, 0.05) is 6.42 Å². The molecule has 0 spiro atoms. The maximum Gasteiger partial charge on any atom is 0.244 e. The summed E-state index contributed by atoms with van der Waals surface area (Å²) >= 11 is 5.25. The number of carbonyl (C=O) groups excluding carboxylic acids is 1. The zero-order valence-electron chi connectivity index (χ0n) is 8.56. The molecule has 0 amide bonds. The van der Waals surface area contributed by atoms with E-state index in [1.165, 1.54) is 6.26 Å². The van der Waals surface area contributed by atoms with E-state index >= 15 is 0 Å². The van der Waals surface area contributed by atoms with Crippen molar-refractivity contribution in [2.75, 3.05) is 0 Å². The van der Waals surface area contributed by atoms with Crippen molar-refractivity contribution in [3.8, 4) is 0 Å². The first-order valence-electron chi connectivity index (χ1n) is 4.97. The Morgan fingerprint density at radius 3 is 2.75 bits per heavy atom. The van der Waals surface area contributed by atoms with E-state index in [1.807, 2.05) is 30.3 Å². The number of hydrogen-bond acceptors (Lipinski definition) is 3. The molecule has 4 heteroatoms. The Hall–Kier alpha value is -1.48. The third-order valence-corrected chi connectivity index (χ3v) is 2.33. The van der Waals surface area contributed by atoms with Crippen molar-refractivity contribution in [1.82, 2.24) is 0 Å². The highest BCUT2D eigenvalue weighted by molar-refractivity contribution is 6.63. The zero-order chi connectivity index (χ0) is 11.4. The zero-order valence-corrected chi connectivity index (χ0v) is 9.31. The second-order valence-electron chi connectivity index (χ2n) is 3.49. The lowest BCUT2D eigenvalue weighted by Gasteiger charge is -2.11. The third kappa shape index (κ3) is 3.00. The van der Waals surface area contributed by atoms with E-state index in [0.717, 1.165) is 5.56 Å². The smallest absolute Gasteiger partial charge is 0.244 e. The van der Waals surface area contributed by atoms with Gasteiger partial charge in [0.25, 0.3) is 0 Å². The highest BCUT2D eigenvalue weighted by Gasteiger charge is 2.20. The molecule has 1 aromatic carbocycles. The fourth-order valence-electron chi connectivity index (χ4n) is 1.49. The number of allylic oxidation sites excluding steroid dienone is 1. The maximum absolute atomic E-state index is 10.7. The molecule has 1 aliphatic heterocycles. The summed E-state index contributed by atoms with van der Waals surface area (Å²) in [6.45, 7) is 0. The third-order valence-electron chi connectivity index (χ3n) is 2.19. The van der Waals surface area contributed by atoms with Crippen molar-refractivity contribution in [3.05, 3.63) is 47.9 Å². The second kappa shape index (κ2) is 5.03. The second-order valence-corrected chi connectivity index (χ2v) is 3.91. The van der Waals surface area contributed by atoms with Crippen molar-refractivity contribution < 1.29 is 14.3 Å². The van der Waals surface area contributed by atoms with Crippen LogP contribution in [0.1, 0.15) is 12.0 Å². The molecule has 16 heavy (non-hydrogen) atoms. The van der Waals surface area contributed by atoms with E-state index in [-0.39, 0.29) is 12.7 Å². The van der Waals surface area contributed by atoms with Crippen LogP contribution in [0.4, 0.5) is 0 Å². The minimum atomic E-state index is -0.449. The Morgan fingerprint density at radius 1 is 1.31 bits per heavy atom. The summed E-state index contributed by atoms with van der Waals surface area (Å²) in [7, 11) is 0. The van der Waals surface area contributed by atoms with Crippen LogP contribution in [0.5, 0.6) is 0 Å². The summed E-state index contributed by atoms with van der Waals surface area (Å²) in [5.41, 5.74) is 1.12. The topological polar surface area (TPSA) is 35.5 Å². The molecule has 0 bridgehead atoms. The van der Waals surface area contributed by atoms with Crippen molar-refractivity contribution in [2.45, 2.75) is 19.1 Å². The van der Waals surface area contributed by atoms with Crippen LogP contribution < -0.4 is 0 Å². The number of hydrogen-bond donors (Lipinski definition) is 0. The summed E-state index contributed by atoms with van der Waals surface area (Å²) in [5.74, 6) is 0.487. The van der Waals surface area contributed by atoms with Gasteiger partial charge in [-0.3, -0.25) is 4.79 Å². The molecular weight excluding hydrogens is 228 g/mol. The molecule has 0 saturated heterocycles. The molecule has 0 aromatic heterocycles. The van der Waals surface area contributed by atoms with Crippen molar-refractivity contribution in [1.29, 1.82) is 0 Å². The molecule has 1 aromatic rings. The van der Waals surface area contributed by atoms with Gasteiger partial charge in [0.2, 0.25) is 11.5 Å². The van der Waals surface area contributed by atoms with Crippen molar-refractivity contribution >= 4 is 16.8 Å². The molecule has 1 atom stereocenters. The molecule has 0 N–H and O–H groups in total. The van der Waals surface area contributed by atoms with Gasteiger partial charge in [-0.15, -0.1) is 0 Å². The van der Waals surface area contributed by atoms with Gasteiger partial charge in [-0.05, 0) is 17.2 Å². The van der Waals surface area contributed by atoms with E-state index in [0.29, 0.717) is 12.2 Å². The van der Waals surface area contributed by atoms with Crippen LogP contribution in [0.2, 0.25) is 0 Å². The molecule has 0 radical (unpaired) electrons. The van der Waals surface area contributed by atoms with E-state index in [2.05, 4.69) is 0 Å². The van der Waals surface area contributed by atoms with Gasteiger partial charge in [-0.2, -0.15) is 0 Å². The number of benzene rings is 1. The molecule has 84 valence electrons. The lowest BCUT2D eigenvalue weighted by atomic mass is 10.1. The standard InChI is InChI=1S/C12H11ClO3/c13-11(14)7-10-8-15-12(16-10)6-9-4-2-1-3-5-9/h1-5,8,12H,6-7H2/t12-/m0/s1. The summed E-state index contributed by atoms with van der Waals surface area (Å²) in [5, 5.41) is -0.449. The average molecular weight is 239 g/mol. The number of halogens is 1. The Morgan fingerprint density at radius 2 is 2.06 bits per heavy atom. The van der Waals surface area contributed by atoms with Crippen LogP contribution in [-0.4, -0.2) is 11.5 Å². The van der Waals surface area contributed by atoms with E-state index in [4.69, 9.17) is 21.1 Å². The van der Waals surface area contributed by atoms with Gasteiger partial charge < -0.3 is 9.47 Å². The first kappa shape index (κ1) is 11.0. The minimum Gasteiger partial charge on any atom is -0.459 e. The summed E-state index contributed by atoms with van der Waals surface area (Å²) in [6.07, 6.45) is 1.83. The molecule has 0 unspecified atom stereocenters. The van der Waals surface area contributed by atoms with Gasteiger partial charge in [0.1, 0.15) is 12.0 Å². The van der Waals surface area contributed by atoms with Crippen LogP contribution in [0.15, 0.2) is 42.4 Å². The Kier molecular flexibility index (Phi) is 3.47. The first-order chi connectivity index (χ1) is 7.74. The van der Waals surface area contributed by atoms with Gasteiger partial charge in [0.05, 0.1) is 6.42 Å². The predicted molar refractivity (Wildman–Crippen MR) is 59.7 cm³/mol. The van der Waals surface area contributed by atoms with E-state index < -0.39 is 5.24 Å². The van der Waals surface area contributed by atoms with Crippen LogP contribution in [0.3, 0.4) is 0 Å². The Balaban J connectivity index is 1.85. The van der Waals surface area contributed by atoms with Gasteiger partial charge in [-0.25, -0.2) is 0 Å². The molecular formula is C12H11ClO3. The highest BCUT2D eigenvalue weighted by atomic mass is 35.5. The SMILES string of the molecule is O=C(Cl)CC1=CO[C@H](Cc2ccccc2)O1. The molecule has 3 nitrogen and oxygen atoms in total. The lowest BCUT2D eigenvalue weighted by molar-refractivity contribution is -0.112. The van der Waals surface area contributed by atoms with Gasteiger partial charge in [-0.1, -0.05) is 30.3 Å². The Labute approximate surface area is 98.6 Å². The molecule has 2 rings (SSSR count). The first-order valence-corrected chi connectivity index (χ1v) is 5.35.